The summed E-state index contributed by atoms with van der Waals surface area (Å²) in [7, 11) is 0. The van der Waals surface area contributed by atoms with Crippen molar-refractivity contribution in [2.75, 3.05) is 13.1 Å². The van der Waals surface area contributed by atoms with Crippen LogP contribution in [0.3, 0.4) is 0 Å². The third kappa shape index (κ3) is 2.78. The number of rotatable bonds is 2. The smallest absolute Gasteiger partial charge is 0.255 e. The molecule has 2 heterocycles. The second-order valence-electron chi connectivity index (χ2n) is 5.92. The Morgan fingerprint density at radius 1 is 1.42 bits per heavy atom. The molecule has 1 aromatic heterocycles. The number of hydrogen-bond donors (Lipinski definition) is 1. The van der Waals surface area contributed by atoms with E-state index in [9.17, 15) is 4.79 Å². The van der Waals surface area contributed by atoms with Crippen molar-refractivity contribution in [2.24, 2.45) is 17.6 Å². The molecule has 0 unspecified atom stereocenters. The van der Waals surface area contributed by atoms with E-state index >= 15 is 0 Å². The lowest BCUT2D eigenvalue weighted by Crippen LogP contribution is -2.33. The summed E-state index contributed by atoms with van der Waals surface area (Å²) in [5, 5.41) is 0. The zero-order valence-electron chi connectivity index (χ0n) is 12.2. The van der Waals surface area contributed by atoms with Gasteiger partial charge in [0, 0.05) is 31.0 Å². The summed E-state index contributed by atoms with van der Waals surface area (Å²) in [6.45, 7) is 9.62. The van der Waals surface area contributed by atoms with E-state index in [0.717, 1.165) is 17.8 Å². The second kappa shape index (κ2) is 5.29. The normalized spacial score (nSPS) is 23.2. The van der Waals surface area contributed by atoms with Crippen molar-refractivity contribution in [2.45, 2.75) is 33.7 Å². The van der Waals surface area contributed by atoms with Crippen LogP contribution in [0, 0.1) is 25.7 Å². The Morgan fingerprint density at radius 3 is 2.63 bits per heavy atom. The van der Waals surface area contributed by atoms with Crippen molar-refractivity contribution >= 4 is 5.91 Å². The number of amides is 1. The van der Waals surface area contributed by atoms with Crippen LogP contribution in [0.5, 0.6) is 0 Å². The Kier molecular flexibility index (Phi) is 3.90. The second-order valence-corrected chi connectivity index (χ2v) is 5.92. The molecule has 19 heavy (non-hydrogen) atoms. The maximum absolute atomic E-state index is 12.5. The fourth-order valence-corrected chi connectivity index (χ4v) is 2.82. The van der Waals surface area contributed by atoms with E-state index in [-0.39, 0.29) is 11.9 Å². The van der Waals surface area contributed by atoms with Gasteiger partial charge in [0.05, 0.1) is 5.56 Å². The number of nitrogens with two attached hydrogens (primary N) is 1. The van der Waals surface area contributed by atoms with Gasteiger partial charge in [0.2, 0.25) is 0 Å². The number of aryl methyl sites for hydroxylation is 2. The van der Waals surface area contributed by atoms with Gasteiger partial charge in [-0.15, -0.1) is 0 Å². The molecule has 2 N–H and O–H groups in total. The molecule has 1 aliphatic heterocycles. The third-order valence-corrected chi connectivity index (χ3v) is 4.03. The fraction of sp³-hybridized carbons (Fsp3) is 0.600. The first kappa shape index (κ1) is 14.0. The molecule has 0 aromatic carbocycles. The number of nitrogens with zero attached hydrogens (tertiary/aromatic N) is 2. The molecule has 0 spiro atoms. The molecule has 2 atom stereocenters. The van der Waals surface area contributed by atoms with E-state index in [2.05, 4.69) is 18.8 Å². The molecule has 0 aliphatic carbocycles. The summed E-state index contributed by atoms with van der Waals surface area (Å²) in [6.07, 6.45) is 1.68. The van der Waals surface area contributed by atoms with Crippen LogP contribution in [-0.4, -0.2) is 34.9 Å². The Morgan fingerprint density at radius 2 is 2.11 bits per heavy atom. The van der Waals surface area contributed by atoms with Crippen LogP contribution in [0.2, 0.25) is 0 Å². The highest BCUT2D eigenvalue weighted by molar-refractivity contribution is 5.95. The number of pyridine rings is 1. The molecule has 1 aromatic rings. The van der Waals surface area contributed by atoms with Crippen LogP contribution in [0.4, 0.5) is 0 Å². The summed E-state index contributed by atoms with van der Waals surface area (Å²) in [5.41, 5.74) is 8.76. The highest BCUT2D eigenvalue weighted by atomic mass is 16.2. The topological polar surface area (TPSA) is 59.2 Å². The first-order valence-corrected chi connectivity index (χ1v) is 6.88. The summed E-state index contributed by atoms with van der Waals surface area (Å²) in [6, 6.07) is 2.03. The summed E-state index contributed by atoms with van der Waals surface area (Å²) >= 11 is 0. The van der Waals surface area contributed by atoms with Crippen molar-refractivity contribution in [1.82, 2.24) is 9.88 Å². The van der Waals surface area contributed by atoms with E-state index in [1.54, 1.807) is 6.20 Å². The molecule has 1 fully saturated rings. The van der Waals surface area contributed by atoms with Crippen molar-refractivity contribution in [1.29, 1.82) is 0 Å². The Balaban J connectivity index is 2.17. The van der Waals surface area contributed by atoms with Gasteiger partial charge in [-0.25, -0.2) is 0 Å². The number of aromatic nitrogens is 1. The van der Waals surface area contributed by atoms with Crippen LogP contribution in [0.15, 0.2) is 12.3 Å². The van der Waals surface area contributed by atoms with Gasteiger partial charge in [-0.3, -0.25) is 9.78 Å². The van der Waals surface area contributed by atoms with E-state index in [0.29, 0.717) is 23.9 Å². The van der Waals surface area contributed by atoms with Crippen LogP contribution in [0.1, 0.15) is 35.5 Å². The van der Waals surface area contributed by atoms with E-state index in [1.807, 2.05) is 24.8 Å². The summed E-state index contributed by atoms with van der Waals surface area (Å²) in [4.78, 5) is 18.6. The van der Waals surface area contributed by atoms with Crippen LogP contribution in [0.25, 0.3) is 0 Å². The minimum absolute atomic E-state index is 0.0589. The molecule has 0 bridgehead atoms. The minimum atomic E-state index is 0.0589. The number of hydrogen-bond acceptors (Lipinski definition) is 3. The molecular formula is C15H23N3O. The molecule has 4 heteroatoms. The molecular weight excluding hydrogens is 238 g/mol. The Bertz CT molecular complexity index is 484. The average molecular weight is 261 g/mol. The van der Waals surface area contributed by atoms with Crippen molar-refractivity contribution in [3.63, 3.8) is 0 Å². The van der Waals surface area contributed by atoms with Gasteiger partial charge in [0.1, 0.15) is 0 Å². The summed E-state index contributed by atoms with van der Waals surface area (Å²) in [5.74, 6) is 0.955. The lowest BCUT2D eigenvalue weighted by atomic mass is 9.92. The van der Waals surface area contributed by atoms with Crippen molar-refractivity contribution in [3.05, 3.63) is 29.1 Å². The molecule has 2 rings (SSSR count). The minimum Gasteiger partial charge on any atom is -0.337 e. The lowest BCUT2D eigenvalue weighted by molar-refractivity contribution is 0.0782. The van der Waals surface area contributed by atoms with Gasteiger partial charge in [0.25, 0.3) is 5.91 Å². The Labute approximate surface area is 115 Å². The van der Waals surface area contributed by atoms with E-state index in [1.165, 1.54) is 0 Å². The maximum Gasteiger partial charge on any atom is 0.255 e. The molecule has 104 valence electrons. The average Bonchev–Trinajstić information content (AvgIpc) is 2.70. The monoisotopic (exact) mass is 261 g/mol. The predicted octanol–water partition coefficient (Wildman–Crippen LogP) is 1.75. The Hall–Kier alpha value is -1.42. The highest BCUT2D eigenvalue weighted by Crippen LogP contribution is 2.24. The number of carbonyl (C=O) groups is 1. The van der Waals surface area contributed by atoms with Crippen molar-refractivity contribution < 1.29 is 4.79 Å². The zero-order chi connectivity index (χ0) is 14.2. The van der Waals surface area contributed by atoms with Gasteiger partial charge >= 0.3 is 0 Å². The maximum atomic E-state index is 12.5. The molecule has 1 amide bonds. The first-order chi connectivity index (χ1) is 8.90. The molecule has 4 nitrogen and oxygen atoms in total. The first-order valence-electron chi connectivity index (χ1n) is 6.88. The highest BCUT2D eigenvalue weighted by Gasteiger charge is 2.35. The zero-order valence-corrected chi connectivity index (χ0v) is 12.2. The van der Waals surface area contributed by atoms with Gasteiger partial charge in [-0.2, -0.15) is 0 Å². The lowest BCUT2D eigenvalue weighted by Gasteiger charge is -2.19. The summed E-state index contributed by atoms with van der Waals surface area (Å²) < 4.78 is 0. The molecule has 0 saturated carbocycles. The largest absolute Gasteiger partial charge is 0.337 e. The van der Waals surface area contributed by atoms with E-state index in [4.69, 9.17) is 5.73 Å². The van der Waals surface area contributed by atoms with Crippen LogP contribution < -0.4 is 5.73 Å². The molecule has 0 radical (unpaired) electrons. The quantitative estimate of drug-likeness (QED) is 0.882. The van der Waals surface area contributed by atoms with Gasteiger partial charge in [-0.1, -0.05) is 13.8 Å². The van der Waals surface area contributed by atoms with Crippen LogP contribution in [-0.2, 0) is 0 Å². The van der Waals surface area contributed by atoms with Gasteiger partial charge in [0.15, 0.2) is 0 Å². The predicted molar refractivity (Wildman–Crippen MR) is 75.9 cm³/mol. The van der Waals surface area contributed by atoms with E-state index < -0.39 is 0 Å². The van der Waals surface area contributed by atoms with Gasteiger partial charge in [-0.05, 0) is 37.3 Å². The number of carbonyl (C=O) groups excluding carboxylic acids is 1. The van der Waals surface area contributed by atoms with Gasteiger partial charge < -0.3 is 10.6 Å². The standard InChI is InChI=1S/C15H23N3O/c1-9(2)13-7-18(8-14(13)16)15(19)12-6-17-11(4)5-10(12)3/h5-6,9,13-14H,7-8,16H2,1-4H3/t13-,14+/m0/s1. The molecule has 1 saturated heterocycles. The van der Waals surface area contributed by atoms with Crippen molar-refractivity contribution in [3.8, 4) is 0 Å². The molecule has 1 aliphatic rings. The van der Waals surface area contributed by atoms with Crippen LogP contribution >= 0.6 is 0 Å². The fourth-order valence-electron chi connectivity index (χ4n) is 2.82. The number of likely N-dealkylation sites (tertiary alicyclic amines) is 1. The SMILES string of the molecule is Cc1cc(C)c(C(=O)N2C[C@@H](N)[C@H](C(C)C)C2)cn1. The third-order valence-electron chi connectivity index (χ3n) is 4.03.